The summed E-state index contributed by atoms with van der Waals surface area (Å²) in [5.41, 5.74) is 2.41. The van der Waals surface area contributed by atoms with Crippen LogP contribution in [0.4, 0.5) is 5.13 Å². The fourth-order valence-electron chi connectivity index (χ4n) is 3.87. The molecule has 8 heteroatoms. The van der Waals surface area contributed by atoms with E-state index in [1.165, 1.54) is 15.3 Å². The Morgan fingerprint density at radius 1 is 1.18 bits per heavy atom. The first-order valence-corrected chi connectivity index (χ1v) is 13.5. The van der Waals surface area contributed by atoms with E-state index in [4.69, 9.17) is 4.98 Å². The van der Waals surface area contributed by atoms with Crippen molar-refractivity contribution >= 4 is 38.3 Å². The number of hydrogen-bond acceptors (Lipinski definition) is 6. The van der Waals surface area contributed by atoms with Gasteiger partial charge in [0, 0.05) is 33.7 Å². The first-order valence-electron chi connectivity index (χ1n) is 10.00. The van der Waals surface area contributed by atoms with Crippen LogP contribution in [-0.4, -0.2) is 37.5 Å². The zero-order chi connectivity index (χ0) is 19.6. The molecule has 1 fully saturated rings. The van der Waals surface area contributed by atoms with E-state index >= 15 is 0 Å². The van der Waals surface area contributed by atoms with Gasteiger partial charge in [-0.15, -0.1) is 23.1 Å². The highest BCUT2D eigenvalue weighted by Gasteiger charge is 2.24. The van der Waals surface area contributed by atoms with Crippen LogP contribution in [0.5, 0.6) is 0 Å². The van der Waals surface area contributed by atoms with Crippen LogP contribution < -0.4 is 10.0 Å². The molecule has 0 bridgehead atoms. The number of hydrogen-bond donors (Lipinski definition) is 2. The second-order valence-electron chi connectivity index (χ2n) is 7.50. The number of anilines is 1. The Labute approximate surface area is 175 Å². The third-order valence-electron chi connectivity index (χ3n) is 5.57. The molecule has 2 aromatic rings. The van der Waals surface area contributed by atoms with Crippen LogP contribution in [0.25, 0.3) is 11.3 Å². The zero-order valence-corrected chi connectivity index (χ0v) is 18.6. The van der Waals surface area contributed by atoms with Crippen LogP contribution in [0.2, 0.25) is 0 Å². The Morgan fingerprint density at radius 3 is 2.75 bits per heavy atom. The van der Waals surface area contributed by atoms with Gasteiger partial charge in [0.25, 0.3) is 0 Å². The van der Waals surface area contributed by atoms with Gasteiger partial charge in [0.05, 0.1) is 11.4 Å². The van der Waals surface area contributed by atoms with Gasteiger partial charge < -0.3 is 5.32 Å². The van der Waals surface area contributed by atoms with E-state index in [0.717, 1.165) is 48.7 Å². The maximum absolute atomic E-state index is 11.6. The second-order valence-corrected chi connectivity index (χ2v) is 11.8. The number of aromatic nitrogens is 1. The first-order chi connectivity index (χ1) is 13.5. The lowest BCUT2D eigenvalue weighted by Crippen LogP contribution is -2.34. The number of nitrogens with one attached hydrogen (secondary N) is 2. The van der Waals surface area contributed by atoms with Crippen LogP contribution in [0.3, 0.4) is 0 Å². The van der Waals surface area contributed by atoms with Gasteiger partial charge in [0.15, 0.2) is 5.13 Å². The van der Waals surface area contributed by atoms with Crippen LogP contribution >= 0.6 is 23.1 Å². The van der Waals surface area contributed by atoms with Crippen molar-refractivity contribution in [3.63, 3.8) is 0 Å². The van der Waals surface area contributed by atoms with Crippen LogP contribution in [0.15, 0.2) is 29.2 Å². The third-order valence-corrected chi connectivity index (χ3v) is 9.06. The molecule has 2 aliphatic rings. The molecule has 152 valence electrons. The number of thiazole rings is 1. The predicted octanol–water partition coefficient (Wildman–Crippen LogP) is 4.37. The first kappa shape index (κ1) is 20.2. The Hall–Kier alpha value is -1.09. The minimum atomic E-state index is -3.09. The predicted molar refractivity (Wildman–Crippen MR) is 119 cm³/mol. The average Bonchev–Trinajstić information content (AvgIpc) is 3.02. The Balaban J connectivity index is 1.36. The molecule has 0 saturated heterocycles. The lowest BCUT2D eigenvalue weighted by Gasteiger charge is -2.29. The van der Waals surface area contributed by atoms with Crippen molar-refractivity contribution in [3.05, 3.63) is 29.1 Å². The molecule has 0 unspecified atom stereocenters. The number of benzene rings is 1. The summed E-state index contributed by atoms with van der Waals surface area (Å²) in [6, 6.07) is 8.99. The van der Waals surface area contributed by atoms with Crippen molar-refractivity contribution in [2.24, 2.45) is 5.92 Å². The number of sulfonamides is 1. The SMILES string of the molecule is CCS(=O)(=O)NC[C@H]1CC[C@@H](Nc2nc3c(s2)CCSc2ccccc2-3)CC1. The molecule has 1 aromatic heterocycles. The standard InChI is InChI=1S/C20H27N3O2S3/c1-2-28(24,25)21-13-14-7-9-15(10-8-14)22-20-23-19-16-5-3-4-6-17(16)26-12-11-18(19)27-20/h3-6,14-15,21H,2,7-13H2,1H3,(H,22,23)/t14-,15+. The van der Waals surface area contributed by atoms with Crippen molar-refractivity contribution in [1.82, 2.24) is 9.71 Å². The van der Waals surface area contributed by atoms with Gasteiger partial charge in [-0.2, -0.15) is 0 Å². The fraction of sp³-hybridized carbons (Fsp3) is 0.550. The molecule has 5 nitrogen and oxygen atoms in total. The van der Waals surface area contributed by atoms with E-state index in [1.54, 1.807) is 18.3 Å². The molecule has 1 aliphatic heterocycles. The van der Waals surface area contributed by atoms with Crippen LogP contribution in [0.1, 0.15) is 37.5 Å². The molecule has 4 rings (SSSR count). The molecule has 2 heterocycles. The lowest BCUT2D eigenvalue weighted by atomic mass is 9.86. The molecule has 28 heavy (non-hydrogen) atoms. The van der Waals surface area contributed by atoms with E-state index in [1.807, 2.05) is 11.8 Å². The Morgan fingerprint density at radius 2 is 1.96 bits per heavy atom. The maximum atomic E-state index is 11.6. The highest BCUT2D eigenvalue weighted by Crippen LogP contribution is 2.41. The molecule has 0 amide bonds. The Kier molecular flexibility index (Phi) is 6.30. The largest absolute Gasteiger partial charge is 0.359 e. The molecule has 1 saturated carbocycles. The molecular weight excluding hydrogens is 410 g/mol. The summed E-state index contributed by atoms with van der Waals surface area (Å²) in [4.78, 5) is 7.65. The van der Waals surface area contributed by atoms with Crippen molar-refractivity contribution in [1.29, 1.82) is 0 Å². The minimum absolute atomic E-state index is 0.153. The molecule has 0 atom stereocenters. The van der Waals surface area contributed by atoms with Crippen molar-refractivity contribution in [2.75, 3.05) is 23.4 Å². The molecule has 0 spiro atoms. The van der Waals surface area contributed by atoms with E-state index in [9.17, 15) is 8.42 Å². The summed E-state index contributed by atoms with van der Waals surface area (Å²) in [6.07, 6.45) is 5.30. The summed E-state index contributed by atoms with van der Waals surface area (Å²) < 4.78 is 26.0. The quantitative estimate of drug-likeness (QED) is 0.702. The van der Waals surface area contributed by atoms with Gasteiger partial charge in [0.1, 0.15) is 0 Å². The van der Waals surface area contributed by atoms with Crippen LogP contribution in [0, 0.1) is 5.92 Å². The van der Waals surface area contributed by atoms with Crippen molar-refractivity contribution in [2.45, 2.75) is 50.0 Å². The maximum Gasteiger partial charge on any atom is 0.211 e. The van der Waals surface area contributed by atoms with Gasteiger partial charge in [-0.05, 0) is 51.0 Å². The summed E-state index contributed by atoms with van der Waals surface area (Å²) >= 11 is 3.71. The monoisotopic (exact) mass is 437 g/mol. The van der Waals surface area contributed by atoms with Gasteiger partial charge >= 0.3 is 0 Å². The van der Waals surface area contributed by atoms with Crippen molar-refractivity contribution < 1.29 is 8.42 Å². The van der Waals surface area contributed by atoms with Gasteiger partial charge in [-0.3, -0.25) is 0 Å². The number of thioether (sulfide) groups is 1. The fourth-order valence-corrected chi connectivity index (χ4v) is 6.76. The molecule has 1 aliphatic carbocycles. The molecular formula is C20H27N3O2S3. The summed E-state index contributed by atoms with van der Waals surface area (Å²) in [5.74, 6) is 1.70. The Bertz CT molecular complexity index is 919. The third kappa shape index (κ3) is 4.72. The smallest absolute Gasteiger partial charge is 0.211 e. The summed E-state index contributed by atoms with van der Waals surface area (Å²) in [5, 5.41) is 4.68. The van der Waals surface area contributed by atoms with Crippen LogP contribution in [-0.2, 0) is 16.4 Å². The lowest BCUT2D eigenvalue weighted by molar-refractivity contribution is 0.337. The van der Waals surface area contributed by atoms with Crippen molar-refractivity contribution in [3.8, 4) is 11.3 Å². The second kappa shape index (κ2) is 8.73. The van der Waals surface area contributed by atoms with Gasteiger partial charge in [-0.1, -0.05) is 18.2 Å². The van der Waals surface area contributed by atoms with E-state index < -0.39 is 10.0 Å². The molecule has 1 aromatic carbocycles. The highest BCUT2D eigenvalue weighted by atomic mass is 32.2. The number of fused-ring (bicyclic) bond motifs is 3. The normalized spacial score (nSPS) is 22.2. The van der Waals surface area contributed by atoms with E-state index in [2.05, 4.69) is 34.3 Å². The number of nitrogens with zero attached hydrogens (tertiary/aromatic N) is 1. The van der Waals surface area contributed by atoms with E-state index in [-0.39, 0.29) is 5.75 Å². The van der Waals surface area contributed by atoms with Gasteiger partial charge in [0.2, 0.25) is 10.0 Å². The van der Waals surface area contributed by atoms with Gasteiger partial charge in [-0.25, -0.2) is 18.1 Å². The average molecular weight is 438 g/mol. The molecule has 0 radical (unpaired) electrons. The number of aryl methyl sites for hydroxylation is 1. The minimum Gasteiger partial charge on any atom is -0.359 e. The highest BCUT2D eigenvalue weighted by molar-refractivity contribution is 7.99. The van der Waals surface area contributed by atoms with E-state index in [0.29, 0.717) is 18.5 Å². The summed E-state index contributed by atoms with van der Waals surface area (Å²) in [6.45, 7) is 2.25. The molecule has 2 N–H and O–H groups in total. The topological polar surface area (TPSA) is 71.1 Å². The summed E-state index contributed by atoms with van der Waals surface area (Å²) in [7, 11) is -3.09. The zero-order valence-electron chi connectivity index (χ0n) is 16.1. The number of rotatable bonds is 6.